The first-order valence-corrected chi connectivity index (χ1v) is 7.71. The number of nitrogens with zero attached hydrogens (tertiary/aromatic N) is 1. The first kappa shape index (κ1) is 15.7. The van der Waals surface area contributed by atoms with Gasteiger partial charge >= 0.3 is 0 Å². The molecule has 0 amide bonds. The summed E-state index contributed by atoms with van der Waals surface area (Å²) in [5.74, 6) is 0. The molecule has 0 aliphatic heterocycles. The summed E-state index contributed by atoms with van der Waals surface area (Å²) in [5, 5.41) is 0. The van der Waals surface area contributed by atoms with Crippen molar-refractivity contribution >= 4 is 17.2 Å². The molecule has 2 aromatic carbocycles. The van der Waals surface area contributed by atoms with Crippen molar-refractivity contribution in [3.05, 3.63) is 71.3 Å². The highest BCUT2D eigenvalue weighted by Gasteiger charge is 2.09. The quantitative estimate of drug-likeness (QED) is 0.793. The first-order valence-electron chi connectivity index (χ1n) is 7.30. The van der Waals surface area contributed by atoms with Gasteiger partial charge in [0.25, 0.3) is 0 Å². The summed E-state index contributed by atoms with van der Waals surface area (Å²) in [4.78, 5) is 2.97. The topological polar surface area (TPSA) is 29.3 Å². The van der Waals surface area contributed by atoms with E-state index in [-0.39, 0.29) is 0 Å². The Balaban J connectivity index is 2.09. The summed E-state index contributed by atoms with van der Waals surface area (Å²) in [7, 11) is 0. The van der Waals surface area contributed by atoms with Crippen molar-refractivity contribution < 1.29 is 0 Å². The molecule has 0 radical (unpaired) electrons. The standard InChI is InChI=1S/C18H22N2S/c1-2-20(13-15-8-4-3-5-9-15)14-17-11-7-6-10-16(17)12-18(19)21/h3-11H,2,12-14H2,1H3,(H2,19,21). The van der Waals surface area contributed by atoms with Crippen molar-refractivity contribution in [1.82, 2.24) is 4.90 Å². The highest BCUT2D eigenvalue weighted by Crippen LogP contribution is 2.14. The normalized spacial score (nSPS) is 10.8. The van der Waals surface area contributed by atoms with E-state index in [4.69, 9.17) is 18.0 Å². The highest BCUT2D eigenvalue weighted by atomic mass is 32.1. The molecule has 2 rings (SSSR count). The van der Waals surface area contributed by atoms with Crippen molar-refractivity contribution in [2.75, 3.05) is 6.54 Å². The van der Waals surface area contributed by atoms with Gasteiger partial charge in [0.1, 0.15) is 0 Å². The molecular weight excluding hydrogens is 276 g/mol. The average Bonchev–Trinajstić information content (AvgIpc) is 2.49. The van der Waals surface area contributed by atoms with Gasteiger partial charge in [-0.05, 0) is 23.2 Å². The second-order valence-electron chi connectivity index (χ2n) is 5.20. The van der Waals surface area contributed by atoms with Crippen LogP contribution in [0.4, 0.5) is 0 Å². The Kier molecular flexibility index (Phi) is 5.90. The van der Waals surface area contributed by atoms with E-state index >= 15 is 0 Å². The zero-order valence-electron chi connectivity index (χ0n) is 12.5. The molecule has 21 heavy (non-hydrogen) atoms. The second-order valence-corrected chi connectivity index (χ2v) is 5.73. The predicted molar refractivity (Wildman–Crippen MR) is 93.2 cm³/mol. The largest absolute Gasteiger partial charge is 0.393 e. The van der Waals surface area contributed by atoms with E-state index in [0.717, 1.165) is 19.6 Å². The van der Waals surface area contributed by atoms with Gasteiger partial charge in [-0.3, -0.25) is 4.90 Å². The third kappa shape index (κ3) is 4.96. The van der Waals surface area contributed by atoms with Gasteiger partial charge in [0, 0.05) is 19.5 Å². The first-order chi connectivity index (χ1) is 10.2. The zero-order chi connectivity index (χ0) is 15.1. The third-order valence-electron chi connectivity index (χ3n) is 3.57. The Bertz CT molecular complexity index is 581. The Morgan fingerprint density at radius 1 is 0.952 bits per heavy atom. The number of rotatable bonds is 7. The SMILES string of the molecule is CCN(Cc1ccccc1)Cc1ccccc1CC(N)=S. The fourth-order valence-corrected chi connectivity index (χ4v) is 2.59. The van der Waals surface area contributed by atoms with Crippen LogP contribution in [0.5, 0.6) is 0 Å². The Morgan fingerprint density at radius 2 is 1.57 bits per heavy atom. The van der Waals surface area contributed by atoms with E-state index in [1.165, 1.54) is 16.7 Å². The van der Waals surface area contributed by atoms with Crippen LogP contribution in [0.15, 0.2) is 54.6 Å². The van der Waals surface area contributed by atoms with E-state index in [9.17, 15) is 0 Å². The molecule has 0 heterocycles. The van der Waals surface area contributed by atoms with E-state index in [0.29, 0.717) is 11.4 Å². The summed E-state index contributed by atoms with van der Waals surface area (Å²) in [6, 6.07) is 19.0. The van der Waals surface area contributed by atoms with Crippen LogP contribution in [0.1, 0.15) is 23.6 Å². The molecule has 0 spiro atoms. The number of thiocarbonyl (C=S) groups is 1. The molecule has 2 N–H and O–H groups in total. The maximum Gasteiger partial charge on any atom is 0.0771 e. The Hall–Kier alpha value is -1.71. The van der Waals surface area contributed by atoms with Gasteiger partial charge < -0.3 is 5.73 Å². The van der Waals surface area contributed by atoms with Crippen LogP contribution >= 0.6 is 12.2 Å². The van der Waals surface area contributed by atoms with Gasteiger partial charge in [0.05, 0.1) is 4.99 Å². The van der Waals surface area contributed by atoms with Crippen molar-refractivity contribution in [2.24, 2.45) is 5.73 Å². The molecule has 110 valence electrons. The molecule has 0 aliphatic carbocycles. The fraction of sp³-hybridized carbons (Fsp3) is 0.278. The fourth-order valence-electron chi connectivity index (χ4n) is 2.43. The molecule has 2 aromatic rings. The monoisotopic (exact) mass is 298 g/mol. The second kappa shape index (κ2) is 7.91. The van der Waals surface area contributed by atoms with Crippen LogP contribution < -0.4 is 5.73 Å². The number of hydrogen-bond acceptors (Lipinski definition) is 2. The van der Waals surface area contributed by atoms with Crippen LogP contribution in [-0.2, 0) is 19.5 Å². The van der Waals surface area contributed by atoms with Crippen molar-refractivity contribution in [1.29, 1.82) is 0 Å². The Morgan fingerprint density at radius 3 is 2.19 bits per heavy atom. The average molecular weight is 298 g/mol. The summed E-state index contributed by atoms with van der Waals surface area (Å²) >= 11 is 5.05. The van der Waals surface area contributed by atoms with Crippen molar-refractivity contribution in [2.45, 2.75) is 26.4 Å². The van der Waals surface area contributed by atoms with E-state index in [2.05, 4.69) is 60.4 Å². The Labute approximate surface area is 132 Å². The van der Waals surface area contributed by atoms with E-state index < -0.39 is 0 Å². The van der Waals surface area contributed by atoms with Crippen molar-refractivity contribution in [3.8, 4) is 0 Å². The molecule has 0 saturated heterocycles. The van der Waals surface area contributed by atoms with E-state index in [1.54, 1.807) is 0 Å². The molecule has 0 bridgehead atoms. The summed E-state index contributed by atoms with van der Waals surface area (Å²) in [6.45, 7) is 5.08. The molecule has 2 nitrogen and oxygen atoms in total. The van der Waals surface area contributed by atoms with Gasteiger partial charge in [-0.2, -0.15) is 0 Å². The zero-order valence-corrected chi connectivity index (χ0v) is 13.3. The predicted octanol–water partition coefficient (Wildman–Crippen LogP) is 3.54. The lowest BCUT2D eigenvalue weighted by Crippen LogP contribution is -2.23. The minimum Gasteiger partial charge on any atom is -0.393 e. The molecule has 3 heteroatoms. The number of benzene rings is 2. The van der Waals surface area contributed by atoms with Gasteiger partial charge in [-0.25, -0.2) is 0 Å². The molecular formula is C18H22N2S. The minimum atomic E-state index is 0.550. The molecule has 0 aromatic heterocycles. The highest BCUT2D eigenvalue weighted by molar-refractivity contribution is 7.80. The maximum absolute atomic E-state index is 5.70. The van der Waals surface area contributed by atoms with Crippen LogP contribution in [0.2, 0.25) is 0 Å². The minimum absolute atomic E-state index is 0.550. The van der Waals surface area contributed by atoms with Crippen LogP contribution in [0.3, 0.4) is 0 Å². The van der Waals surface area contributed by atoms with E-state index in [1.807, 2.05) is 6.07 Å². The van der Waals surface area contributed by atoms with Gasteiger partial charge in [0.2, 0.25) is 0 Å². The van der Waals surface area contributed by atoms with Crippen molar-refractivity contribution in [3.63, 3.8) is 0 Å². The molecule has 0 unspecified atom stereocenters. The molecule has 0 saturated carbocycles. The molecule has 0 aliphatic rings. The summed E-state index contributed by atoms with van der Waals surface area (Å²) in [5.41, 5.74) is 9.58. The summed E-state index contributed by atoms with van der Waals surface area (Å²) < 4.78 is 0. The molecule has 0 fully saturated rings. The lowest BCUT2D eigenvalue weighted by Gasteiger charge is -2.22. The van der Waals surface area contributed by atoms with Crippen LogP contribution in [-0.4, -0.2) is 16.4 Å². The molecule has 0 atom stereocenters. The maximum atomic E-state index is 5.70. The summed E-state index contributed by atoms with van der Waals surface area (Å²) in [6.07, 6.45) is 0.675. The smallest absolute Gasteiger partial charge is 0.0771 e. The number of nitrogens with two attached hydrogens (primary N) is 1. The van der Waals surface area contributed by atoms with Crippen LogP contribution in [0.25, 0.3) is 0 Å². The van der Waals surface area contributed by atoms with Gasteiger partial charge in [-0.1, -0.05) is 73.7 Å². The van der Waals surface area contributed by atoms with Crippen LogP contribution in [0, 0.1) is 0 Å². The lowest BCUT2D eigenvalue weighted by molar-refractivity contribution is 0.271. The number of hydrogen-bond donors (Lipinski definition) is 1. The third-order valence-corrected chi connectivity index (χ3v) is 3.72. The lowest BCUT2D eigenvalue weighted by atomic mass is 10.0. The van der Waals surface area contributed by atoms with Gasteiger partial charge in [0.15, 0.2) is 0 Å². The van der Waals surface area contributed by atoms with Gasteiger partial charge in [-0.15, -0.1) is 0 Å².